The lowest BCUT2D eigenvalue weighted by molar-refractivity contribution is -0.158. The van der Waals surface area contributed by atoms with Crippen LogP contribution in [0.3, 0.4) is 0 Å². The quantitative estimate of drug-likeness (QED) is 0.845. The second-order valence-corrected chi connectivity index (χ2v) is 4.81. The standard InChI is InChI=1S/C14H19F3N2O/c1-10(2)19-12(20)8-9-18-13(14(15,16)17)11-6-4-3-5-7-11/h3-7,10,13,18H,8-9H2,1-2H3,(H,19,20). The van der Waals surface area contributed by atoms with Crippen molar-refractivity contribution in [1.82, 2.24) is 10.6 Å². The van der Waals surface area contributed by atoms with Gasteiger partial charge in [-0.2, -0.15) is 13.2 Å². The van der Waals surface area contributed by atoms with Crippen LogP contribution in [0, 0.1) is 0 Å². The summed E-state index contributed by atoms with van der Waals surface area (Å²) in [6.45, 7) is 3.57. The van der Waals surface area contributed by atoms with Gasteiger partial charge in [-0.15, -0.1) is 0 Å². The Balaban J connectivity index is 2.58. The highest BCUT2D eigenvalue weighted by molar-refractivity contribution is 5.76. The third-order valence-electron chi connectivity index (χ3n) is 2.61. The second-order valence-electron chi connectivity index (χ2n) is 4.81. The van der Waals surface area contributed by atoms with Crippen LogP contribution in [0.5, 0.6) is 0 Å². The molecule has 6 heteroatoms. The summed E-state index contributed by atoms with van der Waals surface area (Å²) in [6.07, 6.45) is -4.38. The number of alkyl halides is 3. The van der Waals surface area contributed by atoms with E-state index in [0.29, 0.717) is 0 Å². The Kier molecular flexibility index (Phi) is 6.01. The maximum absolute atomic E-state index is 13.0. The van der Waals surface area contributed by atoms with Crippen LogP contribution in [0.15, 0.2) is 30.3 Å². The van der Waals surface area contributed by atoms with Crippen LogP contribution in [0.2, 0.25) is 0 Å². The molecule has 1 rings (SSSR count). The van der Waals surface area contributed by atoms with Gasteiger partial charge in [0.25, 0.3) is 0 Å². The van der Waals surface area contributed by atoms with Crippen molar-refractivity contribution in [1.29, 1.82) is 0 Å². The van der Waals surface area contributed by atoms with E-state index < -0.39 is 12.2 Å². The first-order valence-corrected chi connectivity index (χ1v) is 6.45. The SMILES string of the molecule is CC(C)NC(=O)CCNC(c1ccccc1)C(F)(F)F. The third-order valence-corrected chi connectivity index (χ3v) is 2.61. The lowest BCUT2D eigenvalue weighted by Crippen LogP contribution is -2.37. The maximum Gasteiger partial charge on any atom is 0.407 e. The molecular formula is C14H19F3N2O. The molecule has 0 aliphatic rings. The summed E-state index contributed by atoms with van der Waals surface area (Å²) < 4.78 is 38.9. The van der Waals surface area contributed by atoms with E-state index in [4.69, 9.17) is 0 Å². The summed E-state index contributed by atoms with van der Waals surface area (Å²) in [6, 6.07) is 5.83. The summed E-state index contributed by atoms with van der Waals surface area (Å²) >= 11 is 0. The minimum Gasteiger partial charge on any atom is -0.354 e. The molecule has 1 amide bonds. The van der Waals surface area contributed by atoms with Gasteiger partial charge in [-0.3, -0.25) is 4.79 Å². The average Bonchev–Trinajstić information content (AvgIpc) is 2.33. The van der Waals surface area contributed by atoms with Crippen LogP contribution in [0.25, 0.3) is 0 Å². The number of halogens is 3. The minimum absolute atomic E-state index is 0.0115. The molecule has 1 aromatic carbocycles. The number of carbonyl (C=O) groups is 1. The molecule has 0 aromatic heterocycles. The first kappa shape index (κ1) is 16.5. The number of benzene rings is 1. The van der Waals surface area contributed by atoms with E-state index in [1.807, 2.05) is 0 Å². The number of carbonyl (C=O) groups excluding carboxylic acids is 1. The van der Waals surface area contributed by atoms with Crippen molar-refractivity contribution in [2.45, 2.75) is 38.5 Å². The predicted octanol–water partition coefficient (Wildman–Crippen LogP) is 2.79. The fraction of sp³-hybridized carbons (Fsp3) is 0.500. The van der Waals surface area contributed by atoms with Gasteiger partial charge in [-0.05, 0) is 19.4 Å². The lowest BCUT2D eigenvalue weighted by atomic mass is 10.1. The summed E-state index contributed by atoms with van der Waals surface area (Å²) in [5, 5.41) is 5.03. The van der Waals surface area contributed by atoms with Gasteiger partial charge in [-0.25, -0.2) is 0 Å². The van der Waals surface area contributed by atoms with Crippen molar-refractivity contribution >= 4 is 5.91 Å². The molecule has 20 heavy (non-hydrogen) atoms. The number of nitrogens with one attached hydrogen (secondary N) is 2. The highest BCUT2D eigenvalue weighted by atomic mass is 19.4. The molecule has 0 radical (unpaired) electrons. The molecule has 2 N–H and O–H groups in total. The van der Waals surface area contributed by atoms with E-state index in [-0.39, 0.29) is 30.5 Å². The zero-order valence-corrected chi connectivity index (χ0v) is 11.5. The smallest absolute Gasteiger partial charge is 0.354 e. The van der Waals surface area contributed by atoms with E-state index in [9.17, 15) is 18.0 Å². The Morgan fingerprint density at radius 2 is 1.80 bits per heavy atom. The lowest BCUT2D eigenvalue weighted by Gasteiger charge is -2.22. The van der Waals surface area contributed by atoms with Crippen LogP contribution >= 0.6 is 0 Å². The molecule has 0 saturated heterocycles. The Hall–Kier alpha value is -1.56. The molecule has 0 aliphatic heterocycles. The van der Waals surface area contributed by atoms with E-state index in [1.54, 1.807) is 32.0 Å². The van der Waals surface area contributed by atoms with Gasteiger partial charge in [0.05, 0.1) is 0 Å². The molecule has 0 saturated carbocycles. The first-order chi connectivity index (χ1) is 9.30. The van der Waals surface area contributed by atoms with Gasteiger partial charge >= 0.3 is 6.18 Å². The fourth-order valence-electron chi connectivity index (χ4n) is 1.79. The third kappa shape index (κ3) is 5.61. The largest absolute Gasteiger partial charge is 0.407 e. The number of amides is 1. The van der Waals surface area contributed by atoms with Crippen molar-refractivity contribution in [3.05, 3.63) is 35.9 Å². The predicted molar refractivity (Wildman–Crippen MR) is 71.1 cm³/mol. The van der Waals surface area contributed by atoms with Crippen LogP contribution in [0.4, 0.5) is 13.2 Å². The molecule has 0 bridgehead atoms. The Labute approximate surface area is 116 Å². The summed E-state index contributed by atoms with van der Waals surface area (Å²) in [5.74, 6) is -0.263. The Morgan fingerprint density at radius 1 is 1.20 bits per heavy atom. The van der Waals surface area contributed by atoms with Crippen LogP contribution < -0.4 is 10.6 Å². The first-order valence-electron chi connectivity index (χ1n) is 6.45. The molecule has 112 valence electrons. The van der Waals surface area contributed by atoms with Gasteiger partial charge in [0, 0.05) is 19.0 Å². The summed E-state index contributed by atoms with van der Waals surface area (Å²) in [4.78, 5) is 11.4. The molecule has 0 heterocycles. The molecule has 0 aliphatic carbocycles. The summed E-state index contributed by atoms with van der Waals surface area (Å²) in [5.41, 5.74) is 0.143. The van der Waals surface area contributed by atoms with Crippen LogP contribution in [0.1, 0.15) is 31.9 Å². The van der Waals surface area contributed by atoms with Gasteiger partial charge in [0.1, 0.15) is 6.04 Å². The van der Waals surface area contributed by atoms with E-state index in [0.717, 1.165) is 0 Å². The van der Waals surface area contributed by atoms with Crippen LogP contribution in [-0.2, 0) is 4.79 Å². The van der Waals surface area contributed by atoms with E-state index >= 15 is 0 Å². The molecule has 0 spiro atoms. The fourth-order valence-corrected chi connectivity index (χ4v) is 1.79. The molecule has 0 fully saturated rings. The van der Waals surface area contributed by atoms with Crippen molar-refractivity contribution < 1.29 is 18.0 Å². The van der Waals surface area contributed by atoms with Gasteiger partial charge in [0.2, 0.25) is 5.91 Å². The van der Waals surface area contributed by atoms with Gasteiger partial charge < -0.3 is 10.6 Å². The van der Waals surface area contributed by atoms with Crippen LogP contribution in [-0.4, -0.2) is 24.7 Å². The van der Waals surface area contributed by atoms with E-state index in [1.165, 1.54) is 12.1 Å². The zero-order chi connectivity index (χ0) is 15.2. The zero-order valence-electron chi connectivity index (χ0n) is 11.5. The minimum atomic E-state index is -4.39. The summed E-state index contributed by atoms with van der Waals surface area (Å²) in [7, 11) is 0. The highest BCUT2D eigenvalue weighted by Gasteiger charge is 2.40. The highest BCUT2D eigenvalue weighted by Crippen LogP contribution is 2.32. The normalized spacial score (nSPS) is 13.3. The van der Waals surface area contributed by atoms with Gasteiger partial charge in [0.15, 0.2) is 0 Å². The van der Waals surface area contributed by atoms with Crippen molar-refractivity contribution in [3.63, 3.8) is 0 Å². The monoisotopic (exact) mass is 288 g/mol. The molecule has 1 aromatic rings. The second kappa shape index (κ2) is 7.28. The van der Waals surface area contributed by atoms with Gasteiger partial charge in [-0.1, -0.05) is 30.3 Å². The Morgan fingerprint density at radius 3 is 2.30 bits per heavy atom. The Bertz CT molecular complexity index is 418. The number of rotatable bonds is 6. The van der Waals surface area contributed by atoms with Crippen molar-refractivity contribution in [2.75, 3.05) is 6.54 Å². The maximum atomic E-state index is 13.0. The molecular weight excluding hydrogens is 269 g/mol. The van der Waals surface area contributed by atoms with E-state index in [2.05, 4.69) is 10.6 Å². The average molecular weight is 288 g/mol. The van der Waals surface area contributed by atoms with Crippen molar-refractivity contribution in [2.24, 2.45) is 0 Å². The topological polar surface area (TPSA) is 41.1 Å². The molecule has 3 nitrogen and oxygen atoms in total. The number of hydrogen-bond donors (Lipinski definition) is 2. The number of hydrogen-bond acceptors (Lipinski definition) is 2. The molecule has 1 atom stereocenters. The molecule has 1 unspecified atom stereocenters. The van der Waals surface area contributed by atoms with Crippen molar-refractivity contribution in [3.8, 4) is 0 Å².